The fourth-order valence-electron chi connectivity index (χ4n) is 4.06. The molecule has 2 aliphatic rings. The van der Waals surface area contributed by atoms with Crippen LogP contribution >= 0.6 is 24.8 Å². The molecule has 1 atom stereocenters. The predicted molar refractivity (Wildman–Crippen MR) is 115 cm³/mol. The van der Waals surface area contributed by atoms with Gasteiger partial charge in [-0.15, -0.1) is 24.8 Å². The zero-order valence-electron chi connectivity index (χ0n) is 15.9. The van der Waals surface area contributed by atoms with Crippen molar-refractivity contribution < 1.29 is 4.79 Å². The lowest BCUT2D eigenvalue weighted by atomic mass is 9.91. The van der Waals surface area contributed by atoms with E-state index in [-0.39, 0.29) is 36.6 Å². The molecule has 29 heavy (non-hydrogen) atoms. The molecule has 0 fully saturated rings. The number of rotatable bonds is 2. The highest BCUT2D eigenvalue weighted by Crippen LogP contribution is 2.32. The monoisotopic (exact) mass is 434 g/mol. The molecule has 7 nitrogen and oxygen atoms in total. The summed E-state index contributed by atoms with van der Waals surface area (Å²) in [6, 6.07) is 10.3. The first-order chi connectivity index (χ1) is 13.3. The van der Waals surface area contributed by atoms with Crippen molar-refractivity contribution in [3.8, 4) is 0 Å². The number of nitrogens with one attached hydrogen (secondary N) is 2. The minimum Gasteiger partial charge on any atom is -0.347 e. The second-order valence-electron chi connectivity index (χ2n) is 7.15. The van der Waals surface area contributed by atoms with Gasteiger partial charge in [0.25, 0.3) is 5.91 Å². The summed E-state index contributed by atoms with van der Waals surface area (Å²) in [7, 11) is 0. The van der Waals surface area contributed by atoms with Gasteiger partial charge in [-0.2, -0.15) is 0 Å². The Kier molecular flexibility index (Phi) is 6.62. The number of fused-ring (bicyclic) bond motifs is 2. The van der Waals surface area contributed by atoms with E-state index in [4.69, 9.17) is 0 Å². The van der Waals surface area contributed by atoms with Crippen LogP contribution in [0.25, 0.3) is 0 Å². The van der Waals surface area contributed by atoms with Crippen LogP contribution in [0.15, 0.2) is 42.9 Å². The van der Waals surface area contributed by atoms with Crippen LogP contribution in [0, 0.1) is 0 Å². The highest BCUT2D eigenvalue weighted by atomic mass is 35.5. The molecule has 9 heteroatoms. The zero-order valence-corrected chi connectivity index (χ0v) is 17.5. The number of hydrogen-bond acceptors (Lipinski definition) is 4. The van der Waals surface area contributed by atoms with E-state index >= 15 is 0 Å². The van der Waals surface area contributed by atoms with Crippen molar-refractivity contribution in [1.29, 1.82) is 0 Å². The molecule has 0 saturated heterocycles. The van der Waals surface area contributed by atoms with Gasteiger partial charge in [-0.1, -0.05) is 30.3 Å². The number of halogens is 2. The summed E-state index contributed by atoms with van der Waals surface area (Å²) in [5.74, 6) is 1.06. The lowest BCUT2D eigenvalue weighted by Gasteiger charge is -2.32. The van der Waals surface area contributed by atoms with E-state index in [0.29, 0.717) is 18.8 Å². The predicted octanol–water partition coefficient (Wildman–Crippen LogP) is 2.38. The smallest absolute Gasteiger partial charge is 0.274 e. The molecule has 5 rings (SSSR count). The molecule has 4 heterocycles. The number of imidazole rings is 2. The Morgan fingerprint density at radius 2 is 1.97 bits per heavy atom. The van der Waals surface area contributed by atoms with Crippen LogP contribution in [0.5, 0.6) is 0 Å². The molecule has 0 spiro atoms. The first kappa shape index (κ1) is 21.4. The number of amides is 1. The van der Waals surface area contributed by atoms with E-state index in [1.54, 1.807) is 6.33 Å². The molecule has 154 valence electrons. The Morgan fingerprint density at radius 3 is 2.79 bits per heavy atom. The van der Waals surface area contributed by atoms with Gasteiger partial charge in [0.05, 0.1) is 24.3 Å². The van der Waals surface area contributed by atoms with Crippen LogP contribution in [-0.2, 0) is 19.5 Å². The third-order valence-corrected chi connectivity index (χ3v) is 5.46. The highest BCUT2D eigenvalue weighted by Gasteiger charge is 2.32. The minimum absolute atomic E-state index is 0. The van der Waals surface area contributed by atoms with Gasteiger partial charge in [0.2, 0.25) is 0 Å². The van der Waals surface area contributed by atoms with Gasteiger partial charge in [-0.25, -0.2) is 9.97 Å². The van der Waals surface area contributed by atoms with Crippen molar-refractivity contribution in [2.24, 2.45) is 0 Å². The van der Waals surface area contributed by atoms with Crippen molar-refractivity contribution in [3.63, 3.8) is 0 Å². The van der Waals surface area contributed by atoms with Gasteiger partial charge < -0.3 is 19.8 Å². The van der Waals surface area contributed by atoms with E-state index in [1.165, 1.54) is 5.56 Å². The van der Waals surface area contributed by atoms with Gasteiger partial charge in [-0.05, 0) is 5.56 Å². The summed E-state index contributed by atoms with van der Waals surface area (Å²) in [5, 5.41) is 3.36. The molecule has 0 saturated carbocycles. The van der Waals surface area contributed by atoms with E-state index in [1.807, 2.05) is 29.3 Å². The lowest BCUT2D eigenvalue weighted by Crippen LogP contribution is -2.39. The Bertz CT molecular complexity index is 947. The number of hydrogen-bond donors (Lipinski definition) is 2. The molecular formula is C20H24Cl2N6O. The van der Waals surface area contributed by atoms with Crippen molar-refractivity contribution in [2.75, 3.05) is 19.6 Å². The number of aromatic nitrogens is 4. The van der Waals surface area contributed by atoms with Gasteiger partial charge in [0.1, 0.15) is 11.5 Å². The maximum Gasteiger partial charge on any atom is 0.274 e. The van der Waals surface area contributed by atoms with E-state index in [2.05, 4.69) is 37.0 Å². The largest absolute Gasteiger partial charge is 0.347 e. The molecule has 0 aliphatic carbocycles. The minimum atomic E-state index is -0.00952. The summed E-state index contributed by atoms with van der Waals surface area (Å²) in [6.07, 6.45) is 4.48. The number of benzene rings is 1. The number of H-pyrrole nitrogens is 1. The van der Waals surface area contributed by atoms with Crippen molar-refractivity contribution in [1.82, 2.24) is 29.7 Å². The summed E-state index contributed by atoms with van der Waals surface area (Å²) >= 11 is 0. The van der Waals surface area contributed by atoms with Crippen molar-refractivity contribution in [3.05, 3.63) is 71.3 Å². The topological polar surface area (TPSA) is 78.8 Å². The Hall–Kier alpha value is -2.35. The summed E-state index contributed by atoms with van der Waals surface area (Å²) in [6.45, 7) is 3.83. The second-order valence-corrected chi connectivity index (χ2v) is 7.15. The SMILES string of the molecule is Cl.Cl.O=C(c1cn2c(n1)CCNCC2)N1Cc2[nH]cnc2C(c2ccccc2)C1. The van der Waals surface area contributed by atoms with Crippen LogP contribution in [0.3, 0.4) is 0 Å². The van der Waals surface area contributed by atoms with Crippen LogP contribution in [0.4, 0.5) is 0 Å². The fourth-order valence-corrected chi connectivity index (χ4v) is 4.06. The highest BCUT2D eigenvalue weighted by molar-refractivity contribution is 5.92. The Labute approximate surface area is 181 Å². The molecule has 2 N–H and O–H groups in total. The Morgan fingerprint density at radius 1 is 1.14 bits per heavy atom. The van der Waals surface area contributed by atoms with Crippen molar-refractivity contribution in [2.45, 2.75) is 25.4 Å². The van der Waals surface area contributed by atoms with Crippen LogP contribution in [0.1, 0.15) is 39.2 Å². The van der Waals surface area contributed by atoms with Crippen LogP contribution < -0.4 is 5.32 Å². The van der Waals surface area contributed by atoms with Gasteiger partial charge >= 0.3 is 0 Å². The molecule has 2 aromatic heterocycles. The molecule has 1 aromatic carbocycles. The average Bonchev–Trinajstić information content (AvgIpc) is 3.29. The molecular weight excluding hydrogens is 411 g/mol. The number of aromatic amines is 1. The third kappa shape index (κ3) is 4.03. The molecule has 3 aromatic rings. The third-order valence-electron chi connectivity index (χ3n) is 5.46. The van der Waals surface area contributed by atoms with Crippen LogP contribution in [-0.4, -0.2) is 50.0 Å². The van der Waals surface area contributed by atoms with Gasteiger partial charge in [0, 0.05) is 44.7 Å². The maximum atomic E-state index is 13.2. The Balaban J connectivity index is 0.00000120. The molecule has 2 aliphatic heterocycles. The quantitative estimate of drug-likeness (QED) is 0.648. The van der Waals surface area contributed by atoms with Crippen LogP contribution in [0.2, 0.25) is 0 Å². The number of nitrogens with zero attached hydrogens (tertiary/aromatic N) is 4. The lowest BCUT2D eigenvalue weighted by molar-refractivity contribution is 0.0716. The molecule has 1 amide bonds. The summed E-state index contributed by atoms with van der Waals surface area (Å²) in [4.78, 5) is 27.5. The summed E-state index contributed by atoms with van der Waals surface area (Å²) < 4.78 is 2.10. The first-order valence-corrected chi connectivity index (χ1v) is 9.43. The van der Waals surface area contributed by atoms with Gasteiger partial charge in [0.15, 0.2) is 0 Å². The first-order valence-electron chi connectivity index (χ1n) is 9.43. The van der Waals surface area contributed by atoms with Gasteiger partial charge in [-0.3, -0.25) is 4.79 Å². The van der Waals surface area contributed by atoms with Crippen molar-refractivity contribution >= 4 is 30.7 Å². The number of carbonyl (C=O) groups excluding carboxylic acids is 1. The number of carbonyl (C=O) groups is 1. The molecule has 0 radical (unpaired) electrons. The fraction of sp³-hybridized carbons (Fsp3) is 0.350. The summed E-state index contributed by atoms with van der Waals surface area (Å²) in [5.41, 5.74) is 3.77. The zero-order chi connectivity index (χ0) is 18.2. The molecule has 0 bridgehead atoms. The second kappa shape index (κ2) is 8.98. The molecule has 1 unspecified atom stereocenters. The maximum absolute atomic E-state index is 13.2. The van der Waals surface area contributed by atoms with E-state index in [0.717, 1.165) is 43.3 Å². The van der Waals surface area contributed by atoms with E-state index in [9.17, 15) is 4.79 Å². The van der Waals surface area contributed by atoms with E-state index < -0.39 is 0 Å². The standard InChI is InChI=1S/C20H22N6O.2ClH/c27-20(17-12-25-9-8-21-7-6-18(25)24-17)26-10-15(14-4-2-1-3-5-14)19-16(11-26)22-13-23-19;;/h1-5,12-13,15,21H,6-11H2,(H,22,23);2*1H. The average molecular weight is 435 g/mol. The normalized spacial score (nSPS) is 17.9.